The second-order valence-electron chi connectivity index (χ2n) is 7.56. The zero-order valence-corrected chi connectivity index (χ0v) is 18.6. The van der Waals surface area contributed by atoms with Crippen LogP contribution < -0.4 is 5.32 Å². The molecule has 0 aliphatic heterocycles. The number of hydrogen-bond donors (Lipinski definition) is 1. The van der Waals surface area contributed by atoms with Crippen LogP contribution in [0.15, 0.2) is 30.3 Å². The number of esters is 1. The number of Topliss-reactive ketones (excluding diaryl/α,β-unsaturated/α-hetero) is 2. The SMILES string of the molecule is Cc1cc(C(=O)CCC(=O)OCC(=O)c2ccc(NC(=O)CC(C)C)cc2)c(C)s1. The van der Waals surface area contributed by atoms with E-state index in [0.717, 1.165) is 9.75 Å². The van der Waals surface area contributed by atoms with Crippen LogP contribution >= 0.6 is 11.3 Å². The quantitative estimate of drug-likeness (QED) is 0.435. The monoisotopic (exact) mass is 429 g/mol. The molecular weight excluding hydrogens is 402 g/mol. The van der Waals surface area contributed by atoms with Crippen molar-refractivity contribution in [1.29, 1.82) is 0 Å². The molecule has 0 aliphatic rings. The number of hydrogen-bond acceptors (Lipinski definition) is 6. The van der Waals surface area contributed by atoms with Gasteiger partial charge in [0.05, 0.1) is 6.42 Å². The molecule has 2 aromatic rings. The molecule has 1 heterocycles. The number of rotatable bonds is 10. The first-order valence-corrected chi connectivity index (χ1v) is 10.7. The Bertz CT molecular complexity index is 928. The van der Waals surface area contributed by atoms with Crippen LogP contribution in [-0.4, -0.2) is 30.0 Å². The average Bonchev–Trinajstić information content (AvgIpc) is 3.02. The Balaban J connectivity index is 1.78. The summed E-state index contributed by atoms with van der Waals surface area (Å²) in [7, 11) is 0. The van der Waals surface area contributed by atoms with Crippen molar-refractivity contribution in [2.75, 3.05) is 11.9 Å². The summed E-state index contributed by atoms with van der Waals surface area (Å²) in [5.41, 5.74) is 1.62. The number of anilines is 1. The normalized spacial score (nSPS) is 10.7. The van der Waals surface area contributed by atoms with Gasteiger partial charge in [-0.1, -0.05) is 13.8 Å². The lowest BCUT2D eigenvalue weighted by Gasteiger charge is -2.08. The Labute approximate surface area is 180 Å². The van der Waals surface area contributed by atoms with Crippen molar-refractivity contribution in [3.8, 4) is 0 Å². The third-order valence-electron chi connectivity index (χ3n) is 4.35. The molecule has 1 amide bonds. The molecule has 1 aromatic heterocycles. The minimum Gasteiger partial charge on any atom is -0.457 e. The fraction of sp³-hybridized carbons (Fsp3) is 0.391. The molecule has 0 spiro atoms. The zero-order valence-electron chi connectivity index (χ0n) is 17.7. The highest BCUT2D eigenvalue weighted by molar-refractivity contribution is 7.12. The van der Waals surface area contributed by atoms with Crippen LogP contribution in [0.5, 0.6) is 0 Å². The summed E-state index contributed by atoms with van der Waals surface area (Å²) >= 11 is 1.55. The third kappa shape index (κ3) is 7.22. The molecule has 0 saturated heterocycles. The van der Waals surface area contributed by atoms with Gasteiger partial charge in [-0.15, -0.1) is 11.3 Å². The van der Waals surface area contributed by atoms with Gasteiger partial charge in [-0.3, -0.25) is 19.2 Å². The lowest BCUT2D eigenvalue weighted by atomic mass is 10.1. The molecule has 0 atom stereocenters. The van der Waals surface area contributed by atoms with Gasteiger partial charge in [0.15, 0.2) is 18.2 Å². The Morgan fingerprint density at radius 2 is 1.67 bits per heavy atom. The Morgan fingerprint density at radius 3 is 2.23 bits per heavy atom. The van der Waals surface area contributed by atoms with Gasteiger partial charge in [0.2, 0.25) is 5.91 Å². The van der Waals surface area contributed by atoms with Crippen molar-refractivity contribution in [1.82, 2.24) is 0 Å². The number of benzene rings is 1. The summed E-state index contributed by atoms with van der Waals surface area (Å²) in [5, 5.41) is 2.77. The van der Waals surface area contributed by atoms with E-state index in [1.54, 1.807) is 35.6 Å². The summed E-state index contributed by atoms with van der Waals surface area (Å²) in [4.78, 5) is 50.1. The first-order chi connectivity index (χ1) is 14.2. The van der Waals surface area contributed by atoms with Gasteiger partial charge in [-0.2, -0.15) is 0 Å². The highest BCUT2D eigenvalue weighted by Gasteiger charge is 2.16. The fourth-order valence-corrected chi connectivity index (χ4v) is 3.82. The lowest BCUT2D eigenvalue weighted by Crippen LogP contribution is -2.16. The summed E-state index contributed by atoms with van der Waals surface area (Å²) in [6.07, 6.45) is 0.404. The minimum atomic E-state index is -0.584. The first-order valence-electron chi connectivity index (χ1n) is 9.84. The maximum Gasteiger partial charge on any atom is 0.306 e. The van der Waals surface area contributed by atoms with E-state index in [9.17, 15) is 19.2 Å². The number of ether oxygens (including phenoxy) is 1. The van der Waals surface area contributed by atoms with Crippen LogP contribution in [-0.2, 0) is 14.3 Å². The van der Waals surface area contributed by atoms with Gasteiger partial charge >= 0.3 is 5.97 Å². The molecule has 7 heteroatoms. The molecule has 0 unspecified atom stereocenters. The summed E-state index contributed by atoms with van der Waals surface area (Å²) in [5.74, 6) is -0.859. The molecule has 6 nitrogen and oxygen atoms in total. The Hall–Kier alpha value is -2.80. The van der Waals surface area contributed by atoms with Crippen LogP contribution in [0.4, 0.5) is 5.69 Å². The lowest BCUT2D eigenvalue weighted by molar-refractivity contribution is -0.142. The summed E-state index contributed by atoms with van der Waals surface area (Å²) < 4.78 is 5.01. The molecule has 1 aromatic carbocycles. The van der Waals surface area contributed by atoms with E-state index in [-0.39, 0.29) is 42.8 Å². The van der Waals surface area contributed by atoms with Crippen molar-refractivity contribution in [3.05, 3.63) is 51.2 Å². The van der Waals surface area contributed by atoms with Gasteiger partial charge in [-0.05, 0) is 50.1 Å². The highest BCUT2D eigenvalue weighted by Crippen LogP contribution is 2.22. The number of ketones is 2. The predicted molar refractivity (Wildman–Crippen MR) is 117 cm³/mol. The zero-order chi connectivity index (χ0) is 22.3. The van der Waals surface area contributed by atoms with Gasteiger partial charge in [-0.25, -0.2) is 0 Å². The molecule has 30 heavy (non-hydrogen) atoms. The molecule has 0 fully saturated rings. The van der Waals surface area contributed by atoms with Gasteiger partial charge in [0, 0.05) is 39.4 Å². The molecular formula is C23H27NO5S. The maximum absolute atomic E-state index is 12.2. The molecule has 0 radical (unpaired) electrons. The number of aryl methyl sites for hydroxylation is 2. The summed E-state index contributed by atoms with van der Waals surface area (Å²) in [6, 6.07) is 8.25. The van der Waals surface area contributed by atoms with Crippen molar-refractivity contribution in [2.24, 2.45) is 5.92 Å². The van der Waals surface area contributed by atoms with Crippen LogP contribution in [0.3, 0.4) is 0 Å². The molecule has 1 N–H and O–H groups in total. The van der Waals surface area contributed by atoms with Crippen molar-refractivity contribution >= 4 is 40.5 Å². The van der Waals surface area contributed by atoms with Gasteiger partial charge in [0.25, 0.3) is 0 Å². The Kier molecular flexibility index (Phi) is 8.47. The smallest absolute Gasteiger partial charge is 0.306 e. The average molecular weight is 430 g/mol. The summed E-state index contributed by atoms with van der Waals surface area (Å²) in [6.45, 7) is 7.34. The standard InChI is InChI=1S/C23H27NO5S/c1-14(2)11-22(27)24-18-7-5-17(6-8-18)21(26)13-29-23(28)10-9-20(25)19-12-15(3)30-16(19)4/h5-8,12,14H,9-11,13H2,1-4H3,(H,24,27). The van der Waals surface area contributed by atoms with E-state index in [1.165, 1.54) is 0 Å². The van der Waals surface area contributed by atoms with E-state index < -0.39 is 5.97 Å². The highest BCUT2D eigenvalue weighted by atomic mass is 32.1. The molecule has 2 rings (SSSR count). The first kappa shape index (κ1) is 23.5. The van der Waals surface area contributed by atoms with Crippen molar-refractivity contribution in [2.45, 2.75) is 47.0 Å². The predicted octanol–water partition coefficient (Wildman–Crippen LogP) is 4.74. The second kappa shape index (κ2) is 10.8. The van der Waals surface area contributed by atoms with E-state index in [2.05, 4.69) is 5.32 Å². The topological polar surface area (TPSA) is 89.5 Å². The van der Waals surface area contributed by atoms with Gasteiger partial charge < -0.3 is 10.1 Å². The fourth-order valence-electron chi connectivity index (χ4n) is 2.88. The van der Waals surface area contributed by atoms with E-state index >= 15 is 0 Å². The van der Waals surface area contributed by atoms with Gasteiger partial charge in [0.1, 0.15) is 0 Å². The second-order valence-corrected chi connectivity index (χ2v) is 9.02. The van der Waals surface area contributed by atoms with Crippen molar-refractivity contribution < 1.29 is 23.9 Å². The third-order valence-corrected chi connectivity index (χ3v) is 5.31. The number of carbonyl (C=O) groups excluding carboxylic acids is 4. The van der Waals surface area contributed by atoms with Crippen LogP contribution in [0.1, 0.15) is 63.6 Å². The van der Waals surface area contributed by atoms with Crippen LogP contribution in [0, 0.1) is 19.8 Å². The molecule has 0 aliphatic carbocycles. The number of amides is 1. The van der Waals surface area contributed by atoms with E-state index in [4.69, 9.17) is 4.74 Å². The van der Waals surface area contributed by atoms with E-state index in [0.29, 0.717) is 23.2 Å². The van der Waals surface area contributed by atoms with Crippen molar-refractivity contribution in [3.63, 3.8) is 0 Å². The molecule has 0 saturated carbocycles. The number of carbonyl (C=O) groups is 4. The largest absolute Gasteiger partial charge is 0.457 e. The molecule has 0 bridgehead atoms. The Morgan fingerprint density at radius 1 is 1.00 bits per heavy atom. The molecule has 160 valence electrons. The van der Waals surface area contributed by atoms with Crippen LogP contribution in [0.2, 0.25) is 0 Å². The maximum atomic E-state index is 12.2. The number of nitrogens with one attached hydrogen (secondary N) is 1. The van der Waals surface area contributed by atoms with Crippen LogP contribution in [0.25, 0.3) is 0 Å². The van der Waals surface area contributed by atoms with E-state index in [1.807, 2.05) is 33.8 Å². The number of thiophene rings is 1. The minimum absolute atomic E-state index is 0.0504.